The summed E-state index contributed by atoms with van der Waals surface area (Å²) in [6.07, 6.45) is 0. The normalized spacial score (nSPS) is 10.6. The molecule has 5 heteroatoms. The van der Waals surface area contributed by atoms with Crippen LogP contribution in [0.3, 0.4) is 0 Å². The Morgan fingerprint density at radius 3 is 2.03 bits per heavy atom. The minimum atomic E-state index is -0.291. The standard InChI is InChI=1S/C28H26N2O3/c1-18-9-4-7-14-24(18)29-28(32)23-15-21-12-5-6-13-22(21)16-25(23)33-17-26(31)30-27-19(2)10-8-11-20(27)3/h4-16H,17H2,1-3H3,(H,29,32)(H,30,31). The predicted molar refractivity (Wildman–Crippen MR) is 133 cm³/mol. The zero-order valence-corrected chi connectivity index (χ0v) is 18.9. The summed E-state index contributed by atoms with van der Waals surface area (Å²) >= 11 is 0. The Balaban J connectivity index is 1.58. The second kappa shape index (κ2) is 9.57. The lowest BCUT2D eigenvalue weighted by Crippen LogP contribution is -2.22. The SMILES string of the molecule is Cc1ccccc1NC(=O)c1cc2ccccc2cc1OCC(=O)Nc1c(C)cccc1C. The fourth-order valence-corrected chi connectivity index (χ4v) is 3.75. The van der Waals surface area contributed by atoms with E-state index in [1.165, 1.54) is 0 Å². The molecule has 4 aromatic carbocycles. The van der Waals surface area contributed by atoms with Crippen molar-refractivity contribution in [3.8, 4) is 5.75 Å². The number of benzene rings is 4. The highest BCUT2D eigenvalue weighted by atomic mass is 16.5. The highest BCUT2D eigenvalue weighted by Crippen LogP contribution is 2.28. The predicted octanol–water partition coefficient (Wildman–Crippen LogP) is 6.03. The molecule has 0 saturated heterocycles. The van der Waals surface area contributed by atoms with Crippen LogP contribution in [0.5, 0.6) is 5.75 Å². The molecule has 0 saturated carbocycles. The van der Waals surface area contributed by atoms with Gasteiger partial charge in [0.1, 0.15) is 5.75 Å². The molecule has 0 spiro atoms. The third kappa shape index (κ3) is 5.04. The van der Waals surface area contributed by atoms with Gasteiger partial charge in [0.05, 0.1) is 5.56 Å². The lowest BCUT2D eigenvalue weighted by atomic mass is 10.0. The Bertz CT molecular complexity index is 1320. The molecule has 0 heterocycles. The number of hydrogen-bond donors (Lipinski definition) is 2. The first kappa shape index (κ1) is 22.1. The van der Waals surface area contributed by atoms with E-state index in [0.29, 0.717) is 11.3 Å². The fraction of sp³-hybridized carbons (Fsp3) is 0.143. The third-order valence-corrected chi connectivity index (χ3v) is 5.59. The molecule has 4 aromatic rings. The minimum Gasteiger partial charge on any atom is -0.483 e. The number of rotatable bonds is 6. The molecule has 2 N–H and O–H groups in total. The van der Waals surface area contributed by atoms with Crippen LogP contribution in [-0.4, -0.2) is 18.4 Å². The molecule has 0 aliphatic heterocycles. The van der Waals surface area contributed by atoms with Crippen molar-refractivity contribution < 1.29 is 14.3 Å². The van der Waals surface area contributed by atoms with Gasteiger partial charge in [-0.05, 0) is 66.4 Å². The summed E-state index contributed by atoms with van der Waals surface area (Å²) in [6, 6.07) is 24.7. The Hall–Kier alpha value is -4.12. The second-order valence-electron chi connectivity index (χ2n) is 8.07. The van der Waals surface area contributed by atoms with Crippen molar-refractivity contribution in [1.82, 2.24) is 0 Å². The maximum atomic E-state index is 13.2. The third-order valence-electron chi connectivity index (χ3n) is 5.59. The van der Waals surface area contributed by atoms with Gasteiger partial charge in [0.15, 0.2) is 6.61 Å². The Kier molecular flexibility index (Phi) is 6.41. The molecular formula is C28H26N2O3. The van der Waals surface area contributed by atoms with Crippen LogP contribution in [-0.2, 0) is 4.79 Å². The Labute approximate surface area is 193 Å². The smallest absolute Gasteiger partial charge is 0.262 e. The highest BCUT2D eigenvalue weighted by Gasteiger charge is 2.17. The summed E-state index contributed by atoms with van der Waals surface area (Å²) in [7, 11) is 0. The number of aryl methyl sites for hydroxylation is 3. The van der Waals surface area contributed by atoms with Crippen LogP contribution in [0.4, 0.5) is 11.4 Å². The van der Waals surface area contributed by atoms with E-state index in [2.05, 4.69) is 10.6 Å². The van der Waals surface area contributed by atoms with E-state index in [9.17, 15) is 9.59 Å². The minimum absolute atomic E-state index is 0.212. The second-order valence-corrected chi connectivity index (χ2v) is 8.07. The molecule has 0 fully saturated rings. The van der Waals surface area contributed by atoms with Crippen LogP contribution < -0.4 is 15.4 Å². The van der Waals surface area contributed by atoms with E-state index < -0.39 is 0 Å². The Morgan fingerprint density at radius 2 is 1.33 bits per heavy atom. The molecule has 0 bridgehead atoms. The first-order chi connectivity index (χ1) is 15.9. The van der Waals surface area contributed by atoms with Crippen molar-refractivity contribution in [2.45, 2.75) is 20.8 Å². The van der Waals surface area contributed by atoms with Gasteiger partial charge in [-0.1, -0.05) is 60.7 Å². The van der Waals surface area contributed by atoms with Gasteiger partial charge in [-0.15, -0.1) is 0 Å². The van der Waals surface area contributed by atoms with Gasteiger partial charge in [-0.25, -0.2) is 0 Å². The monoisotopic (exact) mass is 438 g/mol. The van der Waals surface area contributed by atoms with E-state index in [1.54, 1.807) is 12.1 Å². The lowest BCUT2D eigenvalue weighted by Gasteiger charge is -2.15. The fourth-order valence-electron chi connectivity index (χ4n) is 3.75. The van der Waals surface area contributed by atoms with Crippen LogP contribution in [0.15, 0.2) is 78.9 Å². The zero-order chi connectivity index (χ0) is 23.4. The topological polar surface area (TPSA) is 67.4 Å². The van der Waals surface area contributed by atoms with Crippen molar-refractivity contribution in [2.24, 2.45) is 0 Å². The zero-order valence-electron chi connectivity index (χ0n) is 18.9. The summed E-state index contributed by atoms with van der Waals surface area (Å²) in [5.74, 6) is -0.220. The van der Waals surface area contributed by atoms with Gasteiger partial charge in [0, 0.05) is 11.4 Å². The van der Waals surface area contributed by atoms with Gasteiger partial charge < -0.3 is 15.4 Å². The number of carbonyl (C=O) groups is 2. The van der Waals surface area contributed by atoms with Gasteiger partial charge in [-0.3, -0.25) is 9.59 Å². The molecule has 33 heavy (non-hydrogen) atoms. The number of para-hydroxylation sites is 2. The largest absolute Gasteiger partial charge is 0.483 e. The van der Waals surface area contributed by atoms with Crippen LogP contribution in [0.2, 0.25) is 0 Å². The summed E-state index contributed by atoms with van der Waals surface area (Å²) in [5.41, 5.74) is 4.80. The first-order valence-electron chi connectivity index (χ1n) is 10.8. The van der Waals surface area contributed by atoms with E-state index >= 15 is 0 Å². The van der Waals surface area contributed by atoms with Crippen molar-refractivity contribution in [3.05, 3.63) is 101 Å². The molecule has 0 aliphatic carbocycles. The average Bonchev–Trinajstić information content (AvgIpc) is 2.81. The first-order valence-corrected chi connectivity index (χ1v) is 10.8. The molecule has 2 amide bonds. The van der Waals surface area contributed by atoms with E-state index in [-0.39, 0.29) is 18.4 Å². The number of fused-ring (bicyclic) bond motifs is 1. The molecule has 0 aromatic heterocycles. The lowest BCUT2D eigenvalue weighted by molar-refractivity contribution is -0.118. The number of amides is 2. The van der Waals surface area contributed by atoms with Gasteiger partial charge in [0.25, 0.3) is 11.8 Å². The number of nitrogens with one attached hydrogen (secondary N) is 2. The van der Waals surface area contributed by atoms with Gasteiger partial charge in [0.2, 0.25) is 0 Å². The van der Waals surface area contributed by atoms with Gasteiger partial charge >= 0.3 is 0 Å². The molecule has 5 nitrogen and oxygen atoms in total. The van der Waals surface area contributed by atoms with Gasteiger partial charge in [-0.2, -0.15) is 0 Å². The summed E-state index contributed by atoms with van der Waals surface area (Å²) < 4.78 is 5.88. The molecule has 0 unspecified atom stereocenters. The summed E-state index contributed by atoms with van der Waals surface area (Å²) in [6.45, 7) is 5.61. The highest BCUT2D eigenvalue weighted by molar-refractivity contribution is 6.09. The van der Waals surface area contributed by atoms with Crippen LogP contribution >= 0.6 is 0 Å². The average molecular weight is 439 g/mol. The van der Waals surface area contributed by atoms with Crippen molar-refractivity contribution >= 4 is 34.0 Å². The van der Waals surface area contributed by atoms with Crippen LogP contribution in [0.1, 0.15) is 27.0 Å². The maximum Gasteiger partial charge on any atom is 0.262 e. The van der Waals surface area contributed by atoms with E-state index in [0.717, 1.165) is 38.8 Å². The van der Waals surface area contributed by atoms with E-state index in [4.69, 9.17) is 4.74 Å². The summed E-state index contributed by atoms with van der Waals surface area (Å²) in [4.78, 5) is 25.8. The van der Waals surface area contributed by atoms with E-state index in [1.807, 2.05) is 87.5 Å². The molecular weight excluding hydrogens is 412 g/mol. The number of hydrogen-bond acceptors (Lipinski definition) is 3. The number of carbonyl (C=O) groups excluding carboxylic acids is 2. The molecule has 4 rings (SSSR count). The number of anilines is 2. The van der Waals surface area contributed by atoms with Crippen LogP contribution in [0, 0.1) is 20.8 Å². The maximum absolute atomic E-state index is 13.2. The summed E-state index contributed by atoms with van der Waals surface area (Å²) in [5, 5.41) is 7.71. The molecule has 166 valence electrons. The molecule has 0 atom stereocenters. The van der Waals surface area contributed by atoms with Crippen molar-refractivity contribution in [3.63, 3.8) is 0 Å². The quantitative estimate of drug-likeness (QED) is 0.386. The van der Waals surface area contributed by atoms with Crippen molar-refractivity contribution in [2.75, 3.05) is 17.2 Å². The van der Waals surface area contributed by atoms with Crippen LogP contribution in [0.25, 0.3) is 10.8 Å². The molecule has 0 radical (unpaired) electrons. The Morgan fingerprint density at radius 1 is 0.727 bits per heavy atom. The van der Waals surface area contributed by atoms with Crippen molar-refractivity contribution in [1.29, 1.82) is 0 Å². The molecule has 0 aliphatic rings. The number of ether oxygens (including phenoxy) is 1.